The minimum absolute atomic E-state index is 0.192. The Morgan fingerprint density at radius 1 is 1.12 bits per heavy atom. The van der Waals surface area contributed by atoms with E-state index in [1.807, 2.05) is 12.1 Å². The molecule has 26 heavy (non-hydrogen) atoms. The molecule has 1 N–H and O–H groups in total. The first-order valence-electron chi connectivity index (χ1n) is 10.2. The molecule has 2 aromatic heterocycles. The van der Waals surface area contributed by atoms with Crippen molar-refractivity contribution in [2.75, 3.05) is 13.1 Å². The molecule has 1 amide bonds. The molecule has 1 aliphatic heterocycles. The summed E-state index contributed by atoms with van der Waals surface area (Å²) in [6.45, 7) is 1.64. The average Bonchev–Trinajstić information content (AvgIpc) is 3.62. The lowest BCUT2D eigenvalue weighted by Crippen LogP contribution is -2.30. The largest absolute Gasteiger partial charge is 0.340 e. The van der Waals surface area contributed by atoms with Crippen LogP contribution in [0.3, 0.4) is 0 Å². The van der Waals surface area contributed by atoms with E-state index in [0.717, 1.165) is 36.4 Å². The van der Waals surface area contributed by atoms with Gasteiger partial charge in [0, 0.05) is 37.2 Å². The van der Waals surface area contributed by atoms with Crippen LogP contribution in [0, 0.1) is 11.8 Å². The van der Waals surface area contributed by atoms with E-state index < -0.39 is 0 Å². The number of carbonyl (C=O) groups is 1. The number of hydrogen-bond acceptors (Lipinski definition) is 3. The highest BCUT2D eigenvalue weighted by Crippen LogP contribution is 2.48. The van der Waals surface area contributed by atoms with Gasteiger partial charge in [0.2, 0.25) is 0 Å². The molecule has 0 spiro atoms. The number of aromatic nitrogens is 4. The zero-order valence-corrected chi connectivity index (χ0v) is 15.0. The molecule has 3 heterocycles. The smallest absolute Gasteiger partial charge is 0.270 e. The Kier molecular flexibility index (Phi) is 3.14. The topological polar surface area (TPSA) is 66.8 Å². The van der Waals surface area contributed by atoms with Crippen LogP contribution in [0.4, 0.5) is 0 Å². The summed E-state index contributed by atoms with van der Waals surface area (Å²) in [5.41, 5.74) is 0.860. The quantitative estimate of drug-likeness (QED) is 0.900. The summed E-state index contributed by atoms with van der Waals surface area (Å²) in [4.78, 5) is 20.1. The molecule has 0 aromatic carbocycles. The first-order chi connectivity index (χ1) is 12.8. The summed E-state index contributed by atoms with van der Waals surface area (Å²) in [6.07, 6.45) is 9.49. The number of carbonyl (C=O) groups excluding carboxylic acids is 1. The Morgan fingerprint density at radius 3 is 2.69 bits per heavy atom. The van der Waals surface area contributed by atoms with E-state index in [0.29, 0.717) is 23.8 Å². The molecule has 2 aromatic rings. The minimum Gasteiger partial charge on any atom is -0.340 e. The molecule has 0 bridgehead atoms. The van der Waals surface area contributed by atoms with Crippen LogP contribution in [-0.2, 0) is 0 Å². The zero-order chi connectivity index (χ0) is 17.3. The fourth-order valence-electron chi connectivity index (χ4n) is 4.67. The fourth-order valence-corrected chi connectivity index (χ4v) is 4.67. The van der Waals surface area contributed by atoms with Gasteiger partial charge in [-0.25, -0.2) is 4.98 Å². The van der Waals surface area contributed by atoms with E-state index >= 15 is 0 Å². The SMILES string of the molecule is O=C(c1cccn1C1CC1)N1C[C@H](c2nc(C3CC3)n[nH]2)[C@@H](C2CC2)C1. The molecule has 136 valence electrons. The fraction of sp³-hybridized carbons (Fsp3) is 0.650. The van der Waals surface area contributed by atoms with E-state index in [-0.39, 0.29) is 5.91 Å². The number of aromatic amines is 1. The molecule has 0 radical (unpaired) electrons. The lowest BCUT2D eigenvalue weighted by molar-refractivity contribution is 0.0773. The second kappa shape index (κ2) is 5.44. The Hall–Kier alpha value is -2.11. The molecule has 6 rings (SSSR count). The van der Waals surface area contributed by atoms with Crippen molar-refractivity contribution in [1.29, 1.82) is 0 Å². The zero-order valence-electron chi connectivity index (χ0n) is 15.0. The van der Waals surface area contributed by atoms with Gasteiger partial charge in [0.25, 0.3) is 5.91 Å². The number of nitrogens with zero attached hydrogens (tertiary/aromatic N) is 4. The van der Waals surface area contributed by atoms with E-state index in [1.165, 1.54) is 38.5 Å². The molecule has 1 saturated heterocycles. The molecule has 3 aliphatic carbocycles. The van der Waals surface area contributed by atoms with E-state index in [9.17, 15) is 4.79 Å². The normalized spacial score (nSPS) is 28.7. The van der Waals surface area contributed by atoms with Crippen molar-refractivity contribution in [3.63, 3.8) is 0 Å². The van der Waals surface area contributed by atoms with Crippen LogP contribution in [0.2, 0.25) is 0 Å². The van der Waals surface area contributed by atoms with Gasteiger partial charge in [0.15, 0.2) is 5.82 Å². The first-order valence-corrected chi connectivity index (χ1v) is 10.2. The number of H-pyrrole nitrogens is 1. The Balaban J connectivity index is 1.26. The third kappa shape index (κ3) is 2.49. The second-order valence-corrected chi connectivity index (χ2v) is 8.70. The summed E-state index contributed by atoms with van der Waals surface area (Å²) in [5, 5.41) is 7.67. The van der Waals surface area contributed by atoms with Gasteiger partial charge in [-0.05, 0) is 62.5 Å². The average molecular weight is 351 g/mol. The molecule has 6 heteroatoms. The summed E-state index contributed by atoms with van der Waals surface area (Å²) >= 11 is 0. The Labute approximate surface area is 153 Å². The lowest BCUT2D eigenvalue weighted by Gasteiger charge is -2.17. The van der Waals surface area contributed by atoms with Crippen LogP contribution in [0.1, 0.15) is 78.5 Å². The van der Waals surface area contributed by atoms with Crippen molar-refractivity contribution in [3.8, 4) is 0 Å². The van der Waals surface area contributed by atoms with Gasteiger partial charge in [-0.2, -0.15) is 5.10 Å². The summed E-state index contributed by atoms with van der Waals surface area (Å²) in [7, 11) is 0. The first kappa shape index (κ1) is 15.0. The summed E-state index contributed by atoms with van der Waals surface area (Å²) < 4.78 is 2.18. The number of hydrogen-bond donors (Lipinski definition) is 1. The van der Waals surface area contributed by atoms with Crippen LogP contribution >= 0.6 is 0 Å². The van der Waals surface area contributed by atoms with Crippen molar-refractivity contribution in [2.24, 2.45) is 11.8 Å². The molecule has 0 unspecified atom stereocenters. The predicted molar refractivity (Wildman–Crippen MR) is 95.9 cm³/mol. The highest BCUT2D eigenvalue weighted by Gasteiger charge is 2.46. The van der Waals surface area contributed by atoms with E-state index in [1.54, 1.807) is 0 Å². The van der Waals surface area contributed by atoms with Crippen LogP contribution in [-0.4, -0.2) is 43.6 Å². The summed E-state index contributed by atoms with van der Waals surface area (Å²) in [6, 6.07) is 4.53. The van der Waals surface area contributed by atoms with Gasteiger partial charge >= 0.3 is 0 Å². The van der Waals surface area contributed by atoms with E-state index in [4.69, 9.17) is 4.98 Å². The molecular formula is C20H25N5O. The van der Waals surface area contributed by atoms with Crippen LogP contribution in [0.15, 0.2) is 18.3 Å². The van der Waals surface area contributed by atoms with Gasteiger partial charge in [0.05, 0.1) is 0 Å². The van der Waals surface area contributed by atoms with Gasteiger partial charge < -0.3 is 9.47 Å². The number of nitrogens with one attached hydrogen (secondary N) is 1. The number of amides is 1. The van der Waals surface area contributed by atoms with Crippen LogP contribution < -0.4 is 0 Å². The summed E-state index contributed by atoms with van der Waals surface area (Å²) in [5.74, 6) is 4.36. The van der Waals surface area contributed by atoms with Crippen LogP contribution in [0.5, 0.6) is 0 Å². The minimum atomic E-state index is 0.192. The molecule has 4 fully saturated rings. The second-order valence-electron chi connectivity index (χ2n) is 8.70. The Bertz CT molecular complexity index is 842. The molecule has 3 saturated carbocycles. The monoisotopic (exact) mass is 351 g/mol. The van der Waals surface area contributed by atoms with E-state index in [2.05, 4.69) is 25.9 Å². The number of rotatable bonds is 5. The number of likely N-dealkylation sites (tertiary alicyclic amines) is 1. The van der Waals surface area contributed by atoms with Crippen molar-refractivity contribution < 1.29 is 4.79 Å². The predicted octanol–water partition coefficient (Wildman–Crippen LogP) is 3.08. The molecular weight excluding hydrogens is 326 g/mol. The third-order valence-corrected chi connectivity index (χ3v) is 6.63. The maximum Gasteiger partial charge on any atom is 0.270 e. The molecule has 2 atom stereocenters. The standard InChI is InChI=1S/C20H25N5O/c26-20(17-2-1-9-25(17)14-7-8-14)24-10-15(12-3-4-12)16(11-24)19-21-18(22-23-19)13-5-6-13/h1-2,9,12-16H,3-8,10-11H2,(H,21,22,23)/t15-,16+/m1/s1. The lowest BCUT2D eigenvalue weighted by atomic mass is 9.91. The molecule has 6 nitrogen and oxygen atoms in total. The van der Waals surface area contributed by atoms with Gasteiger partial charge in [-0.15, -0.1) is 0 Å². The molecule has 4 aliphatic rings. The Morgan fingerprint density at radius 2 is 1.96 bits per heavy atom. The van der Waals surface area contributed by atoms with Gasteiger partial charge in [0.1, 0.15) is 11.5 Å². The van der Waals surface area contributed by atoms with Crippen molar-refractivity contribution in [1.82, 2.24) is 24.6 Å². The van der Waals surface area contributed by atoms with Crippen LogP contribution in [0.25, 0.3) is 0 Å². The maximum absolute atomic E-state index is 13.2. The van der Waals surface area contributed by atoms with Crippen molar-refractivity contribution >= 4 is 5.91 Å². The van der Waals surface area contributed by atoms with Gasteiger partial charge in [-0.3, -0.25) is 9.89 Å². The highest BCUT2D eigenvalue weighted by molar-refractivity contribution is 5.93. The third-order valence-electron chi connectivity index (χ3n) is 6.63. The highest BCUT2D eigenvalue weighted by atomic mass is 16.2. The van der Waals surface area contributed by atoms with Gasteiger partial charge in [-0.1, -0.05) is 0 Å². The maximum atomic E-state index is 13.2. The van der Waals surface area contributed by atoms with Crippen molar-refractivity contribution in [2.45, 2.75) is 56.4 Å². The van der Waals surface area contributed by atoms with Crippen molar-refractivity contribution in [3.05, 3.63) is 35.7 Å².